The quantitative estimate of drug-likeness (QED) is 0.649. The van der Waals surface area contributed by atoms with E-state index in [2.05, 4.69) is 5.32 Å². The highest BCUT2D eigenvalue weighted by Gasteiger charge is 2.38. The normalized spacial score (nSPS) is 25.8. The minimum atomic E-state index is -0.997. The van der Waals surface area contributed by atoms with Gasteiger partial charge in [0.15, 0.2) is 6.23 Å². The number of likely N-dealkylation sites (tertiary alicyclic amines) is 1. The van der Waals surface area contributed by atoms with Crippen molar-refractivity contribution in [2.24, 2.45) is 0 Å². The van der Waals surface area contributed by atoms with E-state index in [4.69, 9.17) is 4.74 Å². The van der Waals surface area contributed by atoms with Crippen molar-refractivity contribution < 1.29 is 24.1 Å². The first kappa shape index (κ1) is 21.7. The molecule has 0 bridgehead atoms. The fourth-order valence-electron chi connectivity index (χ4n) is 4.85. The van der Waals surface area contributed by atoms with Gasteiger partial charge in [0.25, 0.3) is 5.91 Å². The van der Waals surface area contributed by atoms with E-state index in [0.717, 1.165) is 24.0 Å². The van der Waals surface area contributed by atoms with E-state index in [1.54, 1.807) is 23.1 Å². The average Bonchev–Trinajstić information content (AvgIpc) is 3.27. The van der Waals surface area contributed by atoms with Gasteiger partial charge in [-0.3, -0.25) is 4.79 Å². The number of hydrogen-bond acceptors (Lipinski definition) is 5. The molecule has 3 heterocycles. The minimum absolute atomic E-state index is 0.0805. The fourth-order valence-corrected chi connectivity index (χ4v) is 4.85. The number of amides is 1. The van der Waals surface area contributed by atoms with E-state index in [-0.39, 0.29) is 11.7 Å². The van der Waals surface area contributed by atoms with Crippen LogP contribution < -0.4 is 5.32 Å². The number of piperidine rings is 1. The first-order valence-electron chi connectivity index (χ1n) is 11.2. The van der Waals surface area contributed by atoms with Crippen molar-refractivity contribution in [3.05, 3.63) is 76.8 Å². The number of benzene rings is 2. The summed E-state index contributed by atoms with van der Waals surface area (Å²) in [5.41, 5.74) is 3.55. The van der Waals surface area contributed by atoms with E-state index in [1.807, 2.05) is 32.1 Å². The summed E-state index contributed by atoms with van der Waals surface area (Å²) in [7, 11) is 0. The number of aliphatic hydroxyl groups excluding tert-OH is 2. The summed E-state index contributed by atoms with van der Waals surface area (Å²) in [4.78, 5) is 14.5. The number of anilines is 1. The third-order valence-electron chi connectivity index (χ3n) is 6.52. The molecule has 1 fully saturated rings. The molecule has 3 aliphatic rings. The number of nitrogens with one attached hydrogen (secondary N) is 1. The van der Waals surface area contributed by atoms with Crippen LogP contribution in [0.2, 0.25) is 0 Å². The largest absolute Gasteiger partial charge is 0.483 e. The van der Waals surface area contributed by atoms with Crippen molar-refractivity contribution in [2.75, 3.05) is 18.4 Å². The molecule has 0 aliphatic carbocycles. The van der Waals surface area contributed by atoms with Crippen LogP contribution in [-0.2, 0) is 4.74 Å². The summed E-state index contributed by atoms with van der Waals surface area (Å²) in [6.07, 6.45) is 1.97. The van der Waals surface area contributed by atoms with Gasteiger partial charge < -0.3 is 25.2 Å². The van der Waals surface area contributed by atoms with Gasteiger partial charge in [-0.15, -0.1) is 0 Å². The van der Waals surface area contributed by atoms with Crippen LogP contribution in [-0.4, -0.2) is 52.0 Å². The van der Waals surface area contributed by atoms with Crippen LogP contribution >= 0.6 is 0 Å². The van der Waals surface area contributed by atoms with Crippen LogP contribution in [0.15, 0.2) is 54.3 Å². The minimum Gasteiger partial charge on any atom is -0.483 e. The molecular formula is C26H27FN2O4. The highest BCUT2D eigenvalue weighted by Crippen LogP contribution is 2.45. The SMILES string of the molecule is CC1(C)O/C(=C2\c3ccc(F)cc3NC2O)C=C1c1ccc(C(=O)N2CCCC(O)C2)cc1. The zero-order chi connectivity index (χ0) is 23.3. The summed E-state index contributed by atoms with van der Waals surface area (Å²) in [6, 6.07) is 11.7. The Bertz CT molecular complexity index is 1170. The van der Waals surface area contributed by atoms with E-state index < -0.39 is 17.9 Å². The maximum absolute atomic E-state index is 13.6. The molecule has 6 nitrogen and oxygen atoms in total. The van der Waals surface area contributed by atoms with Crippen LogP contribution in [0.25, 0.3) is 11.1 Å². The number of β-amino-alcohol motifs (C(OH)–C–C–N with tert-alkyl or cyclic N) is 1. The van der Waals surface area contributed by atoms with Crippen molar-refractivity contribution in [2.45, 2.75) is 44.6 Å². The Kier molecular flexibility index (Phi) is 5.26. The van der Waals surface area contributed by atoms with E-state index in [0.29, 0.717) is 41.2 Å². The van der Waals surface area contributed by atoms with Crippen LogP contribution in [0.3, 0.4) is 0 Å². The Balaban J connectivity index is 1.45. The number of hydrogen-bond donors (Lipinski definition) is 3. The van der Waals surface area contributed by atoms with Crippen molar-refractivity contribution >= 4 is 22.7 Å². The second-order valence-corrected chi connectivity index (χ2v) is 9.31. The van der Waals surface area contributed by atoms with Gasteiger partial charge in [-0.25, -0.2) is 4.39 Å². The lowest BCUT2D eigenvalue weighted by molar-refractivity contribution is 0.0474. The molecule has 1 amide bonds. The molecule has 0 spiro atoms. The standard InChI is InChI=1S/C26H27FN2O4/c1-26(2)20(13-22(33-26)23-19-10-9-17(27)12-21(19)28-24(23)31)15-5-7-16(8-6-15)25(32)29-11-3-4-18(30)14-29/h5-10,12-13,18,24,28,30-31H,3-4,11,14H2,1-2H3/b23-22+. The van der Waals surface area contributed by atoms with Crippen molar-refractivity contribution in [3.8, 4) is 0 Å². The fraction of sp³-hybridized carbons (Fsp3) is 0.346. The number of halogens is 1. The van der Waals surface area contributed by atoms with Crippen molar-refractivity contribution in [3.63, 3.8) is 0 Å². The predicted octanol–water partition coefficient (Wildman–Crippen LogP) is 3.77. The molecule has 2 aromatic rings. The molecule has 0 saturated carbocycles. The Hall–Kier alpha value is -3.16. The third kappa shape index (κ3) is 3.92. The molecule has 3 N–H and O–H groups in total. The van der Waals surface area contributed by atoms with Crippen LogP contribution in [0.4, 0.5) is 10.1 Å². The first-order chi connectivity index (χ1) is 15.7. The first-order valence-corrected chi connectivity index (χ1v) is 11.2. The van der Waals surface area contributed by atoms with Gasteiger partial charge in [0.2, 0.25) is 0 Å². The van der Waals surface area contributed by atoms with Gasteiger partial charge in [0, 0.05) is 35.5 Å². The smallest absolute Gasteiger partial charge is 0.253 e. The number of rotatable bonds is 2. The summed E-state index contributed by atoms with van der Waals surface area (Å²) in [6.45, 7) is 4.91. The number of ether oxygens (including phenoxy) is 1. The van der Waals surface area contributed by atoms with E-state index in [9.17, 15) is 19.4 Å². The average molecular weight is 451 g/mol. The molecule has 0 radical (unpaired) electrons. The molecule has 172 valence electrons. The van der Waals surface area contributed by atoms with Crippen molar-refractivity contribution in [1.29, 1.82) is 0 Å². The lowest BCUT2D eigenvalue weighted by atomic mass is 9.91. The summed E-state index contributed by atoms with van der Waals surface area (Å²) >= 11 is 0. The summed E-state index contributed by atoms with van der Waals surface area (Å²) < 4.78 is 19.8. The van der Waals surface area contributed by atoms with Crippen molar-refractivity contribution in [1.82, 2.24) is 4.90 Å². The number of aliphatic hydroxyl groups is 2. The number of fused-ring (bicyclic) bond motifs is 1. The number of carbonyl (C=O) groups is 1. The molecule has 5 rings (SSSR count). The monoisotopic (exact) mass is 450 g/mol. The Morgan fingerprint density at radius 1 is 1.18 bits per heavy atom. The lowest BCUT2D eigenvalue weighted by Gasteiger charge is -2.30. The molecule has 3 aliphatic heterocycles. The predicted molar refractivity (Wildman–Crippen MR) is 124 cm³/mol. The Morgan fingerprint density at radius 2 is 1.94 bits per heavy atom. The number of carbonyl (C=O) groups excluding carboxylic acids is 1. The van der Waals surface area contributed by atoms with Gasteiger partial charge in [-0.05, 0) is 68.7 Å². The summed E-state index contributed by atoms with van der Waals surface area (Å²) in [5, 5.41) is 23.3. The van der Waals surface area contributed by atoms with Gasteiger partial charge >= 0.3 is 0 Å². The number of nitrogens with zero attached hydrogens (tertiary/aromatic N) is 1. The van der Waals surface area contributed by atoms with Gasteiger partial charge in [0.1, 0.15) is 17.2 Å². The molecule has 2 aromatic carbocycles. The molecular weight excluding hydrogens is 423 g/mol. The van der Waals surface area contributed by atoms with Gasteiger partial charge in [0.05, 0.1) is 11.7 Å². The molecule has 33 heavy (non-hydrogen) atoms. The van der Waals surface area contributed by atoms with E-state index >= 15 is 0 Å². The second-order valence-electron chi connectivity index (χ2n) is 9.31. The molecule has 7 heteroatoms. The van der Waals surface area contributed by atoms with Gasteiger partial charge in [-0.1, -0.05) is 12.1 Å². The van der Waals surface area contributed by atoms with Crippen LogP contribution in [0, 0.1) is 5.82 Å². The third-order valence-corrected chi connectivity index (χ3v) is 6.52. The highest BCUT2D eigenvalue weighted by molar-refractivity contribution is 5.95. The Morgan fingerprint density at radius 3 is 2.67 bits per heavy atom. The number of allylic oxidation sites excluding steroid dienone is 1. The maximum Gasteiger partial charge on any atom is 0.253 e. The molecule has 0 aromatic heterocycles. The second kappa shape index (κ2) is 8.01. The molecule has 2 atom stereocenters. The molecule has 1 saturated heterocycles. The van der Waals surface area contributed by atoms with E-state index in [1.165, 1.54) is 12.1 Å². The van der Waals surface area contributed by atoms with Crippen LogP contribution in [0.1, 0.15) is 48.2 Å². The highest BCUT2D eigenvalue weighted by atomic mass is 19.1. The molecule has 2 unspecified atom stereocenters. The van der Waals surface area contributed by atoms with Gasteiger partial charge in [-0.2, -0.15) is 0 Å². The summed E-state index contributed by atoms with van der Waals surface area (Å²) in [5.74, 6) is 0.0723. The Labute approximate surface area is 192 Å². The zero-order valence-corrected chi connectivity index (χ0v) is 18.6. The van der Waals surface area contributed by atoms with Crippen LogP contribution in [0.5, 0.6) is 0 Å². The lowest BCUT2D eigenvalue weighted by Crippen LogP contribution is -2.42. The zero-order valence-electron chi connectivity index (χ0n) is 18.6. The topological polar surface area (TPSA) is 82.0 Å². The maximum atomic E-state index is 13.6.